The Balaban J connectivity index is -0.0000000132. The zero-order valence-electron chi connectivity index (χ0n) is 10.9. The maximum atomic E-state index is 8.42. The van der Waals surface area contributed by atoms with Gasteiger partial charge < -0.3 is 60.3 Å². The van der Waals surface area contributed by atoms with E-state index in [9.17, 15) is 0 Å². The first-order valence-corrected chi connectivity index (χ1v) is 6.45. The van der Waals surface area contributed by atoms with Gasteiger partial charge in [0.05, 0.1) is 0 Å². The second-order valence-corrected chi connectivity index (χ2v) is 1.15. The van der Waals surface area contributed by atoms with Crippen LogP contribution in [0.3, 0.4) is 0 Å². The Morgan fingerprint density at radius 1 is 0.320 bits per heavy atom. The Hall–Kier alpha value is 3.31. The summed E-state index contributed by atoms with van der Waals surface area (Å²) in [6.07, 6.45) is 0. The van der Waals surface area contributed by atoms with Gasteiger partial charge in [0.25, 0.3) is 0 Å². The molecule has 25 heavy (non-hydrogen) atoms. The van der Waals surface area contributed by atoms with E-state index in [1.54, 1.807) is 0 Å². The van der Waals surface area contributed by atoms with Crippen LogP contribution in [-0.2, 0) is 132 Å². The van der Waals surface area contributed by atoms with Crippen molar-refractivity contribution in [3.05, 3.63) is 0 Å². The van der Waals surface area contributed by atoms with E-state index < -0.39 is 29.3 Å². The number of hydrogen-bond donors (Lipinski definition) is 0. The molecule has 0 spiro atoms. The fraction of sp³-hybridized carbons (Fsp3) is 0. The van der Waals surface area contributed by atoms with Crippen molar-refractivity contribution in [3.63, 3.8) is 0 Å². The third kappa shape index (κ3) is 1600. The Kier molecular flexibility index (Phi) is 203. The van der Waals surface area contributed by atoms with Crippen molar-refractivity contribution in [2.45, 2.75) is 0 Å². The monoisotopic (exact) mass is 727 g/mol. The summed E-state index contributed by atoms with van der Waals surface area (Å²) < 4.78 is 25.0. The molecule has 0 saturated carbocycles. The first-order valence-electron chi connectivity index (χ1n) is 3.44. The molecule has 0 aliphatic heterocycles. The Morgan fingerprint density at radius 2 is 0.320 bits per heavy atom. The van der Waals surface area contributed by atoms with E-state index in [1.807, 2.05) is 0 Å². The van der Waals surface area contributed by atoms with Gasteiger partial charge in [0, 0.05) is 0 Å². The normalized spacial score (nSPS) is 5.04. The molecule has 0 heterocycles. The van der Waals surface area contributed by atoms with Crippen LogP contribution < -0.4 is 60.3 Å². The van der Waals surface area contributed by atoms with E-state index >= 15 is 0 Å². The molecule has 0 amide bonds. The molecule has 0 N–H and O–H groups in total. The van der Waals surface area contributed by atoms with Crippen LogP contribution in [0.4, 0.5) is 0 Å². The maximum absolute atomic E-state index is 8.42. The van der Waals surface area contributed by atoms with E-state index in [1.165, 1.54) is 0 Å². The topological polar surface area (TPSA) is 328 Å². The SMILES string of the molecule is [Ni+2].[Ni+2].[Ni+2].[O-]B([O-])[O-].[O-]B([O-])[O-].[O-]B([O-])[O-].[O-]B([O-])[O-].[O]=[Zr+2].[O]=[Zr+2].[O]=[Zr+2]. The second-order valence-electron chi connectivity index (χ2n) is 1.15. The molecular weight excluding hydrogens is 733 g/mol. The molecule has 0 unspecified atom stereocenters. The van der Waals surface area contributed by atoms with Gasteiger partial charge in [0.1, 0.15) is 0 Å². The van der Waals surface area contributed by atoms with Crippen LogP contribution in [0, 0.1) is 0 Å². The van der Waals surface area contributed by atoms with Crippen LogP contribution in [0.25, 0.3) is 0 Å². The number of rotatable bonds is 0. The van der Waals surface area contributed by atoms with Gasteiger partial charge in [-0.05, 0) is 0 Å². The van der Waals surface area contributed by atoms with E-state index in [2.05, 4.69) is 0 Å². The summed E-state index contributed by atoms with van der Waals surface area (Å²) in [5, 5.41) is 101. The zero-order valence-corrected chi connectivity index (χ0v) is 21.2. The van der Waals surface area contributed by atoms with Crippen molar-refractivity contribution in [3.8, 4) is 0 Å². The van der Waals surface area contributed by atoms with Gasteiger partial charge in [0.15, 0.2) is 0 Å². The van der Waals surface area contributed by atoms with Crippen LogP contribution in [0.15, 0.2) is 0 Å². The van der Waals surface area contributed by atoms with Gasteiger partial charge >= 0.3 is 132 Å². The molecule has 25 heteroatoms. The summed E-state index contributed by atoms with van der Waals surface area (Å²) in [7, 11) is -11.7. The van der Waals surface area contributed by atoms with Crippen LogP contribution in [0.1, 0.15) is 0 Å². The van der Waals surface area contributed by atoms with Gasteiger partial charge in [-0.3, -0.25) is 29.3 Å². The molecule has 15 nitrogen and oxygen atoms in total. The van der Waals surface area contributed by atoms with Crippen molar-refractivity contribution >= 4 is 29.3 Å². The van der Waals surface area contributed by atoms with Crippen molar-refractivity contribution in [2.75, 3.05) is 0 Å². The summed E-state index contributed by atoms with van der Waals surface area (Å²) in [6, 6.07) is 0. The summed E-state index contributed by atoms with van der Waals surface area (Å²) >= 11 is 0.900. The summed E-state index contributed by atoms with van der Waals surface area (Å²) in [4.78, 5) is 0. The van der Waals surface area contributed by atoms with E-state index in [-0.39, 0.29) is 49.5 Å². The standard InChI is InChI=1S/4BO3.3Ni.3O.3Zr/c4*2-1(3)4;;;;;;;;;/q4*-3;3*+2;;;;3*+2. The molecule has 0 aliphatic rings. The minimum absolute atomic E-state index is 0. The summed E-state index contributed by atoms with van der Waals surface area (Å²) in [5.41, 5.74) is 0. The minimum atomic E-state index is -2.92. The van der Waals surface area contributed by atoms with E-state index in [0.29, 0.717) is 74.2 Å². The van der Waals surface area contributed by atoms with Crippen LogP contribution >= 0.6 is 0 Å². The Bertz CT molecular complexity index is 109. The summed E-state index contributed by atoms with van der Waals surface area (Å²) in [6.45, 7) is 0. The van der Waals surface area contributed by atoms with E-state index in [0.717, 1.165) is 0 Å². The molecule has 0 aromatic carbocycles. The molecule has 144 valence electrons. The second kappa shape index (κ2) is 80.7. The predicted molar refractivity (Wildman–Crippen MR) is 25.1 cm³/mol. The van der Waals surface area contributed by atoms with Crippen LogP contribution in [0.5, 0.6) is 0 Å². The van der Waals surface area contributed by atoms with Gasteiger partial charge in [0.2, 0.25) is 0 Å². The molecule has 0 bridgehead atoms. The molecule has 0 rings (SSSR count). The van der Waals surface area contributed by atoms with Crippen molar-refractivity contribution in [1.82, 2.24) is 0 Å². The van der Waals surface area contributed by atoms with Gasteiger partial charge in [-0.1, -0.05) is 0 Å². The first kappa shape index (κ1) is 63.0. The van der Waals surface area contributed by atoms with Crippen molar-refractivity contribution in [1.29, 1.82) is 0 Å². The molecule has 0 saturated heterocycles. The Labute approximate surface area is 219 Å². The molecular formula is B4Ni3O15Zr3. The average molecular weight is 733 g/mol. The molecule has 0 fully saturated rings. The van der Waals surface area contributed by atoms with Crippen molar-refractivity contribution in [2.24, 2.45) is 0 Å². The molecule has 0 aromatic rings. The first-order chi connectivity index (χ1) is 9.93. The van der Waals surface area contributed by atoms with Crippen molar-refractivity contribution < 1.29 is 192 Å². The average Bonchev–Trinajstić information content (AvgIpc) is 2.33. The summed E-state index contributed by atoms with van der Waals surface area (Å²) in [5.74, 6) is 0. The van der Waals surface area contributed by atoms with Gasteiger partial charge in [-0.2, -0.15) is 0 Å². The number of hydrogen-bond acceptors (Lipinski definition) is 15. The quantitative estimate of drug-likeness (QED) is 0.209. The van der Waals surface area contributed by atoms with E-state index in [4.69, 9.17) is 68.7 Å². The van der Waals surface area contributed by atoms with Gasteiger partial charge in [-0.15, -0.1) is 0 Å². The third-order valence-corrected chi connectivity index (χ3v) is 0. The van der Waals surface area contributed by atoms with Crippen LogP contribution in [-0.4, -0.2) is 29.3 Å². The predicted octanol–water partition coefficient (Wildman–Crippen LogP) is -16.2. The fourth-order valence-electron chi connectivity index (χ4n) is 0. The van der Waals surface area contributed by atoms with Crippen LogP contribution in [0.2, 0.25) is 0 Å². The fourth-order valence-corrected chi connectivity index (χ4v) is 0. The molecule has 0 aromatic heterocycles. The van der Waals surface area contributed by atoms with Gasteiger partial charge in [-0.25, -0.2) is 0 Å². The molecule has 0 atom stereocenters. The Morgan fingerprint density at radius 3 is 0.320 bits per heavy atom. The molecule has 0 radical (unpaired) electrons. The third-order valence-electron chi connectivity index (χ3n) is 0. The zero-order chi connectivity index (χ0) is 20.3. The molecule has 0 aliphatic carbocycles.